The zero-order valence-electron chi connectivity index (χ0n) is 12.1. The quantitative estimate of drug-likeness (QED) is 0.871. The van der Waals surface area contributed by atoms with Crippen molar-refractivity contribution >= 4 is 11.0 Å². The Kier molecular flexibility index (Phi) is 5.54. The number of nitrogens with one attached hydrogen (secondary N) is 1. The van der Waals surface area contributed by atoms with E-state index in [4.69, 9.17) is 0 Å². The van der Waals surface area contributed by atoms with Crippen LogP contribution in [0.3, 0.4) is 0 Å². The van der Waals surface area contributed by atoms with Crippen LogP contribution in [0, 0.1) is 5.92 Å². The van der Waals surface area contributed by atoms with Gasteiger partial charge in [0.1, 0.15) is 0 Å². The van der Waals surface area contributed by atoms with Crippen molar-refractivity contribution in [3.8, 4) is 0 Å². The molecule has 0 bridgehead atoms. The lowest BCUT2D eigenvalue weighted by Gasteiger charge is -2.26. The van der Waals surface area contributed by atoms with Crippen molar-refractivity contribution in [1.82, 2.24) is 4.72 Å². The molecule has 0 fully saturated rings. The maximum Gasteiger partial charge on any atom is 0.0972 e. The fourth-order valence-electron chi connectivity index (χ4n) is 1.60. The molecule has 2 unspecified atom stereocenters. The van der Waals surface area contributed by atoms with Crippen molar-refractivity contribution in [1.29, 1.82) is 0 Å². The van der Waals surface area contributed by atoms with Crippen LogP contribution in [-0.2, 0) is 17.4 Å². The van der Waals surface area contributed by atoms with Gasteiger partial charge in [0, 0.05) is 6.04 Å². The van der Waals surface area contributed by atoms with Crippen LogP contribution in [0.25, 0.3) is 0 Å². The number of rotatable bonds is 5. The second-order valence-electron chi connectivity index (χ2n) is 6.04. The molecule has 0 amide bonds. The zero-order chi connectivity index (χ0) is 13.8. The van der Waals surface area contributed by atoms with E-state index in [2.05, 4.69) is 30.7 Å². The highest BCUT2D eigenvalue weighted by Crippen LogP contribution is 2.15. The highest BCUT2D eigenvalue weighted by atomic mass is 32.2. The van der Waals surface area contributed by atoms with E-state index in [0.717, 1.165) is 6.42 Å². The van der Waals surface area contributed by atoms with E-state index in [9.17, 15) is 4.21 Å². The molecule has 1 N–H and O–H groups in total. The molecule has 0 aliphatic carbocycles. The summed E-state index contributed by atoms with van der Waals surface area (Å²) in [5.41, 5.74) is 1.29. The van der Waals surface area contributed by atoms with Gasteiger partial charge in [-0.15, -0.1) is 0 Å². The van der Waals surface area contributed by atoms with Gasteiger partial charge in [0.05, 0.1) is 15.7 Å². The Balaban J connectivity index is 2.70. The molecular formula is C15H25NOS. The minimum Gasteiger partial charge on any atom is -0.242 e. The third-order valence-corrected chi connectivity index (χ3v) is 4.55. The molecule has 0 spiro atoms. The summed E-state index contributed by atoms with van der Waals surface area (Å²) in [7, 11) is -1.01. The Bertz CT molecular complexity index is 381. The van der Waals surface area contributed by atoms with Gasteiger partial charge in [0.25, 0.3) is 0 Å². The molecule has 18 heavy (non-hydrogen) atoms. The number of hydrogen-bond acceptors (Lipinski definition) is 1. The average molecular weight is 267 g/mol. The van der Waals surface area contributed by atoms with E-state index in [0.29, 0.717) is 5.92 Å². The van der Waals surface area contributed by atoms with Crippen LogP contribution in [0.1, 0.15) is 40.2 Å². The van der Waals surface area contributed by atoms with Gasteiger partial charge >= 0.3 is 0 Å². The zero-order valence-corrected chi connectivity index (χ0v) is 12.9. The first kappa shape index (κ1) is 15.4. The van der Waals surface area contributed by atoms with Gasteiger partial charge in [0.15, 0.2) is 0 Å². The van der Waals surface area contributed by atoms with Gasteiger partial charge in [-0.2, -0.15) is 0 Å². The van der Waals surface area contributed by atoms with E-state index in [1.807, 2.05) is 39.0 Å². The molecule has 3 heteroatoms. The SMILES string of the molecule is CC(C)C(Cc1ccccc1)NS(=O)C(C)(C)C. The fourth-order valence-corrected chi connectivity index (χ4v) is 2.58. The first-order chi connectivity index (χ1) is 8.30. The number of hydrogen-bond donors (Lipinski definition) is 1. The highest BCUT2D eigenvalue weighted by molar-refractivity contribution is 7.84. The van der Waals surface area contributed by atoms with E-state index in [-0.39, 0.29) is 10.8 Å². The topological polar surface area (TPSA) is 29.1 Å². The van der Waals surface area contributed by atoms with Crippen LogP contribution >= 0.6 is 0 Å². The maximum atomic E-state index is 12.2. The third-order valence-electron chi connectivity index (χ3n) is 2.92. The lowest BCUT2D eigenvalue weighted by Crippen LogP contribution is -2.43. The third kappa shape index (κ3) is 4.91. The van der Waals surface area contributed by atoms with Crippen molar-refractivity contribution in [2.75, 3.05) is 0 Å². The minimum atomic E-state index is -1.01. The van der Waals surface area contributed by atoms with Crippen molar-refractivity contribution in [3.05, 3.63) is 35.9 Å². The summed E-state index contributed by atoms with van der Waals surface area (Å²) in [6.07, 6.45) is 0.917. The first-order valence-corrected chi connectivity index (χ1v) is 7.67. The monoisotopic (exact) mass is 267 g/mol. The smallest absolute Gasteiger partial charge is 0.0972 e. The normalized spacial score (nSPS) is 15.7. The summed E-state index contributed by atoms with van der Waals surface area (Å²) < 4.78 is 15.2. The van der Waals surface area contributed by atoms with Gasteiger partial charge in [-0.3, -0.25) is 0 Å². The average Bonchev–Trinajstić information content (AvgIpc) is 2.28. The van der Waals surface area contributed by atoms with Gasteiger partial charge in [-0.25, -0.2) is 8.93 Å². The molecule has 2 atom stereocenters. The van der Waals surface area contributed by atoms with Crippen molar-refractivity contribution < 1.29 is 4.21 Å². The maximum absolute atomic E-state index is 12.2. The molecular weight excluding hydrogens is 242 g/mol. The van der Waals surface area contributed by atoms with Crippen LogP contribution in [0.2, 0.25) is 0 Å². The molecule has 1 rings (SSSR count). The molecule has 1 aromatic rings. The summed E-state index contributed by atoms with van der Waals surface area (Å²) in [5.74, 6) is 0.455. The Morgan fingerprint density at radius 3 is 2.17 bits per heavy atom. The predicted octanol–water partition coefficient (Wildman–Crippen LogP) is 3.31. The molecule has 0 heterocycles. The lowest BCUT2D eigenvalue weighted by molar-refractivity contribution is 0.453. The van der Waals surface area contributed by atoms with E-state index >= 15 is 0 Å². The van der Waals surface area contributed by atoms with Gasteiger partial charge in [-0.1, -0.05) is 44.2 Å². The van der Waals surface area contributed by atoms with Crippen LogP contribution < -0.4 is 4.72 Å². The minimum absolute atomic E-state index is 0.218. The van der Waals surface area contributed by atoms with Gasteiger partial charge < -0.3 is 0 Å². The summed E-state index contributed by atoms with van der Waals surface area (Å²) in [6.45, 7) is 10.3. The summed E-state index contributed by atoms with van der Waals surface area (Å²) in [6, 6.07) is 10.6. The summed E-state index contributed by atoms with van der Waals surface area (Å²) in [5, 5.41) is 0. The Morgan fingerprint density at radius 1 is 1.17 bits per heavy atom. The number of benzene rings is 1. The lowest BCUT2D eigenvalue weighted by atomic mass is 9.97. The van der Waals surface area contributed by atoms with E-state index in [1.54, 1.807) is 0 Å². The molecule has 0 aromatic heterocycles. The van der Waals surface area contributed by atoms with Crippen LogP contribution in [-0.4, -0.2) is 15.0 Å². The van der Waals surface area contributed by atoms with E-state index < -0.39 is 11.0 Å². The first-order valence-electron chi connectivity index (χ1n) is 6.52. The Hall–Kier alpha value is -0.670. The van der Waals surface area contributed by atoms with Crippen LogP contribution in [0.15, 0.2) is 30.3 Å². The van der Waals surface area contributed by atoms with Crippen LogP contribution in [0.4, 0.5) is 0 Å². The second-order valence-corrected chi connectivity index (χ2v) is 8.04. The van der Waals surface area contributed by atoms with E-state index in [1.165, 1.54) is 5.56 Å². The molecule has 102 valence electrons. The summed E-state index contributed by atoms with van der Waals surface area (Å²) in [4.78, 5) is 0. The molecule has 0 saturated heterocycles. The molecule has 1 aromatic carbocycles. The summed E-state index contributed by atoms with van der Waals surface area (Å²) >= 11 is 0. The fraction of sp³-hybridized carbons (Fsp3) is 0.600. The van der Waals surface area contributed by atoms with Gasteiger partial charge in [0.2, 0.25) is 0 Å². The molecule has 0 aliphatic heterocycles. The molecule has 2 nitrogen and oxygen atoms in total. The van der Waals surface area contributed by atoms with Crippen molar-refractivity contribution in [2.45, 2.75) is 51.8 Å². The molecule has 0 radical (unpaired) electrons. The van der Waals surface area contributed by atoms with Gasteiger partial charge in [-0.05, 0) is 38.7 Å². The second kappa shape index (κ2) is 6.48. The standard InChI is InChI=1S/C15H25NOS/c1-12(2)14(16-18(17)15(3,4)5)11-13-9-7-6-8-10-13/h6-10,12,14,16H,11H2,1-5H3. The molecule has 0 saturated carbocycles. The Morgan fingerprint density at radius 2 is 1.72 bits per heavy atom. The molecule has 0 aliphatic rings. The Labute approximate surface area is 114 Å². The van der Waals surface area contributed by atoms with Crippen molar-refractivity contribution in [3.63, 3.8) is 0 Å². The van der Waals surface area contributed by atoms with Crippen molar-refractivity contribution in [2.24, 2.45) is 5.92 Å². The van der Waals surface area contributed by atoms with Crippen LogP contribution in [0.5, 0.6) is 0 Å². The highest BCUT2D eigenvalue weighted by Gasteiger charge is 2.24. The largest absolute Gasteiger partial charge is 0.242 e. The predicted molar refractivity (Wildman–Crippen MR) is 79.8 cm³/mol.